The molecule has 3 rings (SSSR count). The van der Waals surface area contributed by atoms with Crippen LogP contribution in [0.4, 0.5) is 5.69 Å². The normalized spacial score (nSPS) is 12.1. The number of hydrogen-bond donors (Lipinski definition) is 1. The third-order valence-corrected chi connectivity index (χ3v) is 4.14. The van der Waals surface area contributed by atoms with Gasteiger partial charge in [0.2, 0.25) is 0 Å². The first-order valence-electron chi connectivity index (χ1n) is 6.91. The number of pyridine rings is 1. The standard InChI is InChI=1S/C17H17N3S/c1-12(14-6-8-18-9-7-14)19-16-5-3-4-15(10-16)17-11-21-13(2)20-17/h3-12,19H,1-2H3. The van der Waals surface area contributed by atoms with Crippen molar-refractivity contribution in [3.8, 4) is 11.3 Å². The summed E-state index contributed by atoms with van der Waals surface area (Å²) in [7, 11) is 0. The zero-order valence-electron chi connectivity index (χ0n) is 12.1. The van der Waals surface area contributed by atoms with Gasteiger partial charge in [-0.2, -0.15) is 0 Å². The summed E-state index contributed by atoms with van der Waals surface area (Å²) >= 11 is 1.68. The number of benzene rings is 1. The number of nitrogens with zero attached hydrogens (tertiary/aromatic N) is 2. The van der Waals surface area contributed by atoms with Crippen LogP contribution in [0.1, 0.15) is 23.5 Å². The van der Waals surface area contributed by atoms with Gasteiger partial charge in [-0.25, -0.2) is 4.98 Å². The molecule has 4 heteroatoms. The van der Waals surface area contributed by atoms with E-state index in [-0.39, 0.29) is 6.04 Å². The van der Waals surface area contributed by atoms with Crippen LogP contribution in [-0.4, -0.2) is 9.97 Å². The van der Waals surface area contributed by atoms with Gasteiger partial charge < -0.3 is 5.32 Å². The zero-order chi connectivity index (χ0) is 14.7. The summed E-state index contributed by atoms with van der Waals surface area (Å²) in [5.41, 5.74) is 4.51. The third-order valence-electron chi connectivity index (χ3n) is 3.37. The van der Waals surface area contributed by atoms with E-state index in [2.05, 4.69) is 51.9 Å². The second kappa shape index (κ2) is 6.06. The summed E-state index contributed by atoms with van der Waals surface area (Å²) in [6.45, 7) is 4.18. The quantitative estimate of drug-likeness (QED) is 0.759. The zero-order valence-corrected chi connectivity index (χ0v) is 12.9. The minimum absolute atomic E-state index is 0.237. The lowest BCUT2D eigenvalue weighted by molar-refractivity contribution is 0.881. The van der Waals surface area contributed by atoms with Gasteiger partial charge in [0.25, 0.3) is 0 Å². The van der Waals surface area contributed by atoms with Crippen molar-refractivity contribution in [1.82, 2.24) is 9.97 Å². The summed E-state index contributed by atoms with van der Waals surface area (Å²) < 4.78 is 0. The second-order valence-electron chi connectivity index (χ2n) is 4.98. The van der Waals surface area contributed by atoms with Gasteiger partial charge in [-0.15, -0.1) is 11.3 Å². The molecule has 2 aromatic heterocycles. The van der Waals surface area contributed by atoms with Crippen molar-refractivity contribution in [3.63, 3.8) is 0 Å². The molecule has 0 saturated carbocycles. The molecule has 106 valence electrons. The van der Waals surface area contributed by atoms with Gasteiger partial charge in [0, 0.05) is 35.1 Å². The predicted octanol–water partition coefficient (Wildman–Crippen LogP) is 4.69. The summed E-state index contributed by atoms with van der Waals surface area (Å²) in [6.07, 6.45) is 3.64. The van der Waals surface area contributed by atoms with E-state index in [1.165, 1.54) is 5.56 Å². The van der Waals surface area contributed by atoms with Crippen LogP contribution >= 0.6 is 11.3 Å². The van der Waals surface area contributed by atoms with Gasteiger partial charge in [-0.1, -0.05) is 12.1 Å². The number of nitrogens with one attached hydrogen (secondary N) is 1. The fraction of sp³-hybridized carbons (Fsp3) is 0.176. The van der Waals surface area contributed by atoms with Gasteiger partial charge in [-0.3, -0.25) is 4.98 Å². The Balaban J connectivity index is 1.80. The van der Waals surface area contributed by atoms with Crippen molar-refractivity contribution < 1.29 is 0 Å². The van der Waals surface area contributed by atoms with E-state index in [0.717, 1.165) is 22.0 Å². The lowest BCUT2D eigenvalue weighted by Gasteiger charge is -2.16. The maximum Gasteiger partial charge on any atom is 0.0901 e. The largest absolute Gasteiger partial charge is 0.379 e. The van der Waals surface area contributed by atoms with E-state index in [4.69, 9.17) is 0 Å². The minimum atomic E-state index is 0.237. The molecular weight excluding hydrogens is 278 g/mol. The molecule has 0 aliphatic rings. The lowest BCUT2D eigenvalue weighted by Crippen LogP contribution is -2.06. The van der Waals surface area contributed by atoms with Crippen LogP contribution in [0.5, 0.6) is 0 Å². The number of rotatable bonds is 4. The molecule has 1 atom stereocenters. The maximum atomic E-state index is 4.54. The smallest absolute Gasteiger partial charge is 0.0901 e. The van der Waals surface area contributed by atoms with Crippen molar-refractivity contribution in [3.05, 3.63) is 64.7 Å². The van der Waals surface area contributed by atoms with Crippen molar-refractivity contribution in [2.75, 3.05) is 5.32 Å². The molecule has 0 fully saturated rings. The van der Waals surface area contributed by atoms with Gasteiger partial charge in [0.1, 0.15) is 0 Å². The maximum absolute atomic E-state index is 4.54. The molecular formula is C17H17N3S. The Morgan fingerprint density at radius 1 is 1.14 bits per heavy atom. The van der Waals surface area contributed by atoms with Crippen molar-refractivity contribution in [2.24, 2.45) is 0 Å². The Labute approximate surface area is 128 Å². The van der Waals surface area contributed by atoms with Crippen LogP contribution in [0.2, 0.25) is 0 Å². The highest BCUT2D eigenvalue weighted by Gasteiger charge is 2.07. The highest BCUT2D eigenvalue weighted by atomic mass is 32.1. The molecule has 0 amide bonds. The molecule has 0 aliphatic carbocycles. The molecule has 0 spiro atoms. The van der Waals surface area contributed by atoms with Crippen LogP contribution < -0.4 is 5.32 Å². The monoisotopic (exact) mass is 295 g/mol. The molecule has 0 aliphatic heterocycles. The molecule has 3 aromatic rings. The Bertz CT molecular complexity index is 722. The Kier molecular flexibility index (Phi) is 3.97. The predicted molar refractivity (Wildman–Crippen MR) is 88.6 cm³/mol. The van der Waals surface area contributed by atoms with Crippen molar-refractivity contribution in [1.29, 1.82) is 0 Å². The van der Waals surface area contributed by atoms with E-state index in [9.17, 15) is 0 Å². The van der Waals surface area contributed by atoms with E-state index >= 15 is 0 Å². The van der Waals surface area contributed by atoms with Crippen LogP contribution in [0, 0.1) is 6.92 Å². The number of hydrogen-bond acceptors (Lipinski definition) is 4. The number of aromatic nitrogens is 2. The van der Waals surface area contributed by atoms with E-state index in [1.54, 1.807) is 11.3 Å². The number of anilines is 1. The first-order chi connectivity index (χ1) is 10.2. The average Bonchev–Trinajstić information content (AvgIpc) is 2.95. The van der Waals surface area contributed by atoms with Crippen LogP contribution in [0.15, 0.2) is 54.2 Å². The fourth-order valence-electron chi connectivity index (χ4n) is 2.25. The molecule has 3 nitrogen and oxygen atoms in total. The van der Waals surface area contributed by atoms with E-state index in [0.29, 0.717) is 0 Å². The van der Waals surface area contributed by atoms with Crippen LogP contribution in [0.25, 0.3) is 11.3 Å². The highest BCUT2D eigenvalue weighted by molar-refractivity contribution is 7.09. The summed E-state index contributed by atoms with van der Waals surface area (Å²) in [6, 6.07) is 12.7. The van der Waals surface area contributed by atoms with E-state index in [1.807, 2.05) is 31.5 Å². The summed E-state index contributed by atoms with van der Waals surface area (Å²) in [5, 5.41) is 6.71. The highest BCUT2D eigenvalue weighted by Crippen LogP contribution is 2.26. The molecule has 21 heavy (non-hydrogen) atoms. The minimum Gasteiger partial charge on any atom is -0.379 e. The molecule has 2 heterocycles. The Hall–Kier alpha value is -2.20. The average molecular weight is 295 g/mol. The molecule has 0 bridgehead atoms. The fourth-order valence-corrected chi connectivity index (χ4v) is 2.87. The van der Waals surface area contributed by atoms with Crippen LogP contribution in [0.3, 0.4) is 0 Å². The SMILES string of the molecule is Cc1nc(-c2cccc(NC(C)c3ccncc3)c2)cs1. The topological polar surface area (TPSA) is 37.8 Å². The van der Waals surface area contributed by atoms with Gasteiger partial charge >= 0.3 is 0 Å². The van der Waals surface area contributed by atoms with Gasteiger partial charge in [-0.05, 0) is 43.7 Å². The van der Waals surface area contributed by atoms with Gasteiger partial charge in [0.05, 0.1) is 10.7 Å². The van der Waals surface area contributed by atoms with Crippen LogP contribution in [-0.2, 0) is 0 Å². The molecule has 1 unspecified atom stereocenters. The van der Waals surface area contributed by atoms with Crippen molar-refractivity contribution in [2.45, 2.75) is 19.9 Å². The number of thiazole rings is 1. The Morgan fingerprint density at radius 3 is 2.67 bits per heavy atom. The van der Waals surface area contributed by atoms with Gasteiger partial charge in [0.15, 0.2) is 0 Å². The molecule has 0 saturated heterocycles. The first kappa shape index (κ1) is 13.8. The summed E-state index contributed by atoms with van der Waals surface area (Å²) in [5.74, 6) is 0. The molecule has 1 N–H and O–H groups in total. The molecule has 0 radical (unpaired) electrons. The summed E-state index contributed by atoms with van der Waals surface area (Å²) in [4.78, 5) is 8.60. The first-order valence-corrected chi connectivity index (χ1v) is 7.79. The van der Waals surface area contributed by atoms with E-state index < -0.39 is 0 Å². The molecule has 1 aromatic carbocycles. The third kappa shape index (κ3) is 3.28. The second-order valence-corrected chi connectivity index (χ2v) is 6.04. The number of aryl methyl sites for hydroxylation is 1. The van der Waals surface area contributed by atoms with Crippen molar-refractivity contribution >= 4 is 17.0 Å². The lowest BCUT2D eigenvalue weighted by atomic mass is 10.1. The Morgan fingerprint density at radius 2 is 1.95 bits per heavy atom.